The van der Waals surface area contributed by atoms with Crippen molar-refractivity contribution in [1.82, 2.24) is 4.90 Å². The van der Waals surface area contributed by atoms with Gasteiger partial charge in [0, 0.05) is 5.54 Å². The standard InChI is InChI=1S/C16H25NO2/c1-16(2,17-11-5-4-6-12-17)15(18)13-7-9-14(19-3)10-8-13/h7-10,15,18H,4-6,11-12H2,1-3H3. The summed E-state index contributed by atoms with van der Waals surface area (Å²) >= 11 is 0. The number of methoxy groups -OCH3 is 1. The van der Waals surface area contributed by atoms with E-state index in [0.717, 1.165) is 24.4 Å². The lowest BCUT2D eigenvalue weighted by Gasteiger charge is -2.44. The Kier molecular flexibility index (Phi) is 4.48. The average molecular weight is 263 g/mol. The van der Waals surface area contributed by atoms with Gasteiger partial charge >= 0.3 is 0 Å². The summed E-state index contributed by atoms with van der Waals surface area (Å²) in [5.41, 5.74) is 0.728. The van der Waals surface area contributed by atoms with Crippen molar-refractivity contribution >= 4 is 0 Å². The van der Waals surface area contributed by atoms with Crippen LogP contribution in [0.3, 0.4) is 0 Å². The molecule has 0 amide bonds. The van der Waals surface area contributed by atoms with E-state index in [1.165, 1.54) is 19.3 Å². The van der Waals surface area contributed by atoms with Crippen molar-refractivity contribution in [3.8, 4) is 5.75 Å². The SMILES string of the molecule is COc1ccc(C(O)C(C)(C)N2CCCCC2)cc1. The number of ether oxygens (including phenoxy) is 1. The quantitative estimate of drug-likeness (QED) is 0.906. The van der Waals surface area contributed by atoms with Crippen LogP contribution in [0.4, 0.5) is 0 Å². The summed E-state index contributed by atoms with van der Waals surface area (Å²) in [5, 5.41) is 10.7. The van der Waals surface area contributed by atoms with Crippen molar-refractivity contribution in [2.75, 3.05) is 20.2 Å². The minimum absolute atomic E-state index is 0.227. The predicted molar refractivity (Wildman–Crippen MR) is 77.5 cm³/mol. The van der Waals surface area contributed by atoms with Crippen molar-refractivity contribution in [2.24, 2.45) is 0 Å². The molecule has 0 spiro atoms. The van der Waals surface area contributed by atoms with Crippen molar-refractivity contribution in [3.63, 3.8) is 0 Å². The van der Waals surface area contributed by atoms with Gasteiger partial charge in [-0.3, -0.25) is 4.90 Å². The zero-order chi connectivity index (χ0) is 13.9. The molecule has 1 atom stereocenters. The molecule has 0 aliphatic carbocycles. The van der Waals surface area contributed by atoms with E-state index in [-0.39, 0.29) is 5.54 Å². The summed E-state index contributed by atoms with van der Waals surface area (Å²) in [6.45, 7) is 6.43. The van der Waals surface area contributed by atoms with Gasteiger partial charge in [-0.05, 0) is 57.5 Å². The lowest BCUT2D eigenvalue weighted by molar-refractivity contribution is -0.0209. The first-order valence-electron chi connectivity index (χ1n) is 7.13. The number of aliphatic hydroxyl groups excluding tert-OH is 1. The van der Waals surface area contributed by atoms with Crippen LogP contribution in [0.25, 0.3) is 0 Å². The van der Waals surface area contributed by atoms with E-state index in [4.69, 9.17) is 4.74 Å². The highest BCUT2D eigenvalue weighted by Crippen LogP contribution is 2.33. The fourth-order valence-corrected chi connectivity index (χ4v) is 2.84. The van der Waals surface area contributed by atoms with E-state index in [1.807, 2.05) is 24.3 Å². The number of benzene rings is 1. The summed E-state index contributed by atoms with van der Waals surface area (Å²) in [5.74, 6) is 0.826. The number of rotatable bonds is 4. The van der Waals surface area contributed by atoms with Crippen molar-refractivity contribution in [2.45, 2.75) is 44.8 Å². The Hall–Kier alpha value is -1.06. The molecule has 106 valence electrons. The van der Waals surface area contributed by atoms with Gasteiger partial charge < -0.3 is 9.84 Å². The molecule has 1 heterocycles. The highest BCUT2D eigenvalue weighted by atomic mass is 16.5. The molecule has 1 N–H and O–H groups in total. The van der Waals surface area contributed by atoms with Gasteiger partial charge in [0.15, 0.2) is 0 Å². The maximum Gasteiger partial charge on any atom is 0.118 e. The zero-order valence-electron chi connectivity index (χ0n) is 12.2. The zero-order valence-corrected chi connectivity index (χ0v) is 12.2. The number of hydrogen-bond donors (Lipinski definition) is 1. The normalized spacial score (nSPS) is 19.2. The van der Waals surface area contributed by atoms with Crippen LogP contribution in [0.5, 0.6) is 5.75 Å². The molecule has 0 saturated carbocycles. The van der Waals surface area contributed by atoms with Crippen LogP contribution in [0, 0.1) is 0 Å². The predicted octanol–water partition coefficient (Wildman–Crippen LogP) is 2.99. The van der Waals surface area contributed by atoms with Gasteiger partial charge in [0.1, 0.15) is 5.75 Å². The first-order valence-corrected chi connectivity index (χ1v) is 7.13. The second-order valence-electron chi connectivity index (χ2n) is 5.88. The second-order valence-corrected chi connectivity index (χ2v) is 5.88. The molecule has 0 aromatic heterocycles. The third-order valence-electron chi connectivity index (χ3n) is 4.27. The molecule has 3 heteroatoms. The Balaban J connectivity index is 2.13. The molecule has 1 aromatic rings. The molecule has 3 nitrogen and oxygen atoms in total. The summed E-state index contributed by atoms with van der Waals surface area (Å²) < 4.78 is 5.16. The fraction of sp³-hybridized carbons (Fsp3) is 0.625. The van der Waals surface area contributed by atoms with Crippen LogP contribution in [-0.2, 0) is 0 Å². The summed E-state index contributed by atoms with van der Waals surface area (Å²) in [4.78, 5) is 2.41. The van der Waals surface area contributed by atoms with E-state index < -0.39 is 6.10 Å². The van der Waals surface area contributed by atoms with Gasteiger partial charge in [0.25, 0.3) is 0 Å². The van der Waals surface area contributed by atoms with E-state index in [9.17, 15) is 5.11 Å². The minimum Gasteiger partial charge on any atom is -0.497 e. The monoisotopic (exact) mass is 263 g/mol. The van der Waals surface area contributed by atoms with Crippen LogP contribution in [0.2, 0.25) is 0 Å². The highest BCUT2D eigenvalue weighted by Gasteiger charge is 2.35. The highest BCUT2D eigenvalue weighted by molar-refractivity contribution is 5.29. The number of piperidine rings is 1. The van der Waals surface area contributed by atoms with Crippen LogP contribution >= 0.6 is 0 Å². The third-order valence-corrected chi connectivity index (χ3v) is 4.27. The summed E-state index contributed by atoms with van der Waals surface area (Å²) in [7, 11) is 1.66. The first-order chi connectivity index (χ1) is 9.05. The maximum atomic E-state index is 10.7. The van der Waals surface area contributed by atoms with Gasteiger partial charge in [-0.2, -0.15) is 0 Å². The smallest absolute Gasteiger partial charge is 0.118 e. The van der Waals surface area contributed by atoms with E-state index >= 15 is 0 Å². The van der Waals surface area contributed by atoms with E-state index in [0.29, 0.717) is 0 Å². The number of likely N-dealkylation sites (tertiary alicyclic amines) is 1. The molecule has 1 unspecified atom stereocenters. The minimum atomic E-state index is -0.475. The molecule has 2 rings (SSSR count). The molecule has 0 bridgehead atoms. The summed E-state index contributed by atoms with van der Waals surface area (Å²) in [6.07, 6.45) is 3.31. The van der Waals surface area contributed by atoms with Crippen molar-refractivity contribution < 1.29 is 9.84 Å². The molecule has 1 fully saturated rings. The summed E-state index contributed by atoms with van der Waals surface area (Å²) in [6, 6.07) is 7.72. The second kappa shape index (κ2) is 5.93. The number of nitrogens with zero attached hydrogens (tertiary/aromatic N) is 1. The molecule has 1 aliphatic heterocycles. The van der Waals surface area contributed by atoms with Crippen molar-refractivity contribution in [1.29, 1.82) is 0 Å². The van der Waals surface area contributed by atoms with Gasteiger partial charge in [-0.1, -0.05) is 18.6 Å². The van der Waals surface area contributed by atoms with Gasteiger partial charge in [-0.25, -0.2) is 0 Å². The van der Waals surface area contributed by atoms with Crippen LogP contribution in [0.15, 0.2) is 24.3 Å². The molecule has 1 aliphatic rings. The lowest BCUT2D eigenvalue weighted by atomic mass is 9.88. The molecule has 1 saturated heterocycles. The van der Waals surface area contributed by atoms with Gasteiger partial charge in [0.2, 0.25) is 0 Å². The Morgan fingerprint density at radius 1 is 1.11 bits per heavy atom. The molecule has 1 aromatic carbocycles. The van der Waals surface area contributed by atoms with E-state index in [2.05, 4.69) is 18.7 Å². The Morgan fingerprint density at radius 2 is 1.68 bits per heavy atom. The average Bonchev–Trinajstić information content (AvgIpc) is 2.47. The van der Waals surface area contributed by atoms with Gasteiger partial charge in [-0.15, -0.1) is 0 Å². The number of hydrogen-bond acceptors (Lipinski definition) is 3. The van der Waals surface area contributed by atoms with Gasteiger partial charge in [0.05, 0.1) is 13.2 Å². The Bertz CT molecular complexity index is 394. The fourth-order valence-electron chi connectivity index (χ4n) is 2.84. The third kappa shape index (κ3) is 3.10. The van der Waals surface area contributed by atoms with Crippen LogP contribution < -0.4 is 4.74 Å². The maximum absolute atomic E-state index is 10.7. The largest absolute Gasteiger partial charge is 0.497 e. The Morgan fingerprint density at radius 3 is 2.21 bits per heavy atom. The molecular weight excluding hydrogens is 238 g/mol. The Labute approximate surface area is 116 Å². The van der Waals surface area contributed by atoms with E-state index in [1.54, 1.807) is 7.11 Å². The molecule has 19 heavy (non-hydrogen) atoms. The molecular formula is C16H25NO2. The van der Waals surface area contributed by atoms with Crippen LogP contribution in [0.1, 0.15) is 44.8 Å². The number of aliphatic hydroxyl groups is 1. The molecule has 0 radical (unpaired) electrons. The first kappa shape index (κ1) is 14.4. The topological polar surface area (TPSA) is 32.7 Å². The van der Waals surface area contributed by atoms with Crippen LogP contribution in [-0.4, -0.2) is 35.7 Å². The van der Waals surface area contributed by atoms with Crippen molar-refractivity contribution in [3.05, 3.63) is 29.8 Å². The lowest BCUT2D eigenvalue weighted by Crippen LogP contribution is -2.50.